The number of carbonyl (C=O) groups is 1. The maximum Gasteiger partial charge on any atom is 0.251 e. The van der Waals surface area contributed by atoms with Crippen molar-refractivity contribution in [3.63, 3.8) is 0 Å². The number of nitrogens with zero attached hydrogens (tertiary/aromatic N) is 3. The molecule has 0 aliphatic rings. The molecule has 3 aromatic rings. The quantitative estimate of drug-likeness (QED) is 0.723. The lowest BCUT2D eigenvalue weighted by atomic mass is 9.96. The van der Waals surface area contributed by atoms with Gasteiger partial charge in [-0.25, -0.2) is 0 Å². The van der Waals surface area contributed by atoms with E-state index in [4.69, 9.17) is 0 Å². The van der Waals surface area contributed by atoms with Crippen molar-refractivity contribution < 1.29 is 9.90 Å². The Bertz CT molecular complexity index is 931. The van der Waals surface area contributed by atoms with Crippen molar-refractivity contribution in [1.82, 2.24) is 19.9 Å². The van der Waals surface area contributed by atoms with Crippen LogP contribution < -0.4 is 5.32 Å². The highest BCUT2D eigenvalue weighted by Crippen LogP contribution is 2.25. The lowest BCUT2D eigenvalue weighted by Crippen LogP contribution is -2.22. The van der Waals surface area contributed by atoms with Crippen LogP contribution in [0.2, 0.25) is 0 Å². The fourth-order valence-corrected chi connectivity index (χ4v) is 3.02. The Balaban J connectivity index is 1.80. The molecule has 1 aromatic carbocycles. The predicted octanol–water partition coefficient (Wildman–Crippen LogP) is 3.07. The fraction of sp³-hybridized carbons (Fsp3) is 0.263. The zero-order valence-corrected chi connectivity index (χ0v) is 15.7. The number of aromatic nitrogens is 3. The van der Waals surface area contributed by atoms with Crippen molar-refractivity contribution in [1.29, 1.82) is 0 Å². The van der Waals surface area contributed by atoms with Crippen molar-refractivity contribution in [2.24, 2.45) is 0 Å². The van der Waals surface area contributed by atoms with Crippen LogP contribution >= 0.6 is 11.5 Å². The van der Waals surface area contributed by atoms with Crippen molar-refractivity contribution in [3.05, 3.63) is 64.4 Å². The van der Waals surface area contributed by atoms with Gasteiger partial charge in [0.25, 0.3) is 5.91 Å². The zero-order valence-electron chi connectivity index (χ0n) is 14.9. The van der Waals surface area contributed by atoms with Gasteiger partial charge in [0, 0.05) is 29.1 Å². The Kier molecular flexibility index (Phi) is 5.11. The third kappa shape index (κ3) is 4.12. The molecule has 0 fully saturated rings. The van der Waals surface area contributed by atoms with E-state index in [-0.39, 0.29) is 5.91 Å². The molecule has 0 aliphatic heterocycles. The smallest absolute Gasteiger partial charge is 0.251 e. The molecule has 2 heterocycles. The van der Waals surface area contributed by atoms with E-state index in [0.29, 0.717) is 12.1 Å². The van der Waals surface area contributed by atoms with E-state index >= 15 is 0 Å². The SMILES string of the molecule is Cc1nnsc1CNC(=O)c1cccc(-c2cncc(C(C)(C)O)c2)c1. The molecule has 0 aliphatic carbocycles. The molecular weight excluding hydrogens is 348 g/mol. The number of aryl methyl sites for hydroxylation is 1. The first-order valence-corrected chi connectivity index (χ1v) is 8.96. The number of carbonyl (C=O) groups excluding carboxylic acids is 1. The van der Waals surface area contributed by atoms with Gasteiger partial charge in [-0.2, -0.15) is 0 Å². The number of aliphatic hydroxyl groups is 1. The Morgan fingerprint density at radius 2 is 2.04 bits per heavy atom. The Hall–Kier alpha value is -2.64. The van der Waals surface area contributed by atoms with Gasteiger partial charge in [-0.15, -0.1) is 5.10 Å². The maximum absolute atomic E-state index is 12.5. The molecular formula is C19H20N4O2S. The monoisotopic (exact) mass is 368 g/mol. The highest BCUT2D eigenvalue weighted by molar-refractivity contribution is 7.05. The molecule has 0 radical (unpaired) electrons. The molecule has 1 amide bonds. The van der Waals surface area contributed by atoms with E-state index in [2.05, 4.69) is 19.9 Å². The van der Waals surface area contributed by atoms with E-state index in [1.54, 1.807) is 32.3 Å². The molecule has 2 aromatic heterocycles. The van der Waals surface area contributed by atoms with Crippen LogP contribution in [0.3, 0.4) is 0 Å². The number of benzene rings is 1. The molecule has 0 spiro atoms. The minimum Gasteiger partial charge on any atom is -0.386 e. The first-order chi connectivity index (χ1) is 12.3. The number of nitrogens with one attached hydrogen (secondary N) is 1. The van der Waals surface area contributed by atoms with Gasteiger partial charge in [0.05, 0.1) is 22.7 Å². The summed E-state index contributed by atoms with van der Waals surface area (Å²) in [6.45, 7) is 5.71. The minimum atomic E-state index is -0.974. The number of amides is 1. The van der Waals surface area contributed by atoms with E-state index in [0.717, 1.165) is 27.3 Å². The van der Waals surface area contributed by atoms with Crippen LogP contribution in [-0.4, -0.2) is 25.6 Å². The Morgan fingerprint density at radius 1 is 1.23 bits per heavy atom. The first-order valence-electron chi connectivity index (χ1n) is 8.19. The summed E-state index contributed by atoms with van der Waals surface area (Å²) in [4.78, 5) is 17.6. The normalized spacial score (nSPS) is 11.4. The third-order valence-corrected chi connectivity index (χ3v) is 4.88. The van der Waals surface area contributed by atoms with Crippen molar-refractivity contribution in [3.8, 4) is 11.1 Å². The third-order valence-electron chi connectivity index (χ3n) is 4.06. The van der Waals surface area contributed by atoms with Gasteiger partial charge in [-0.3, -0.25) is 9.78 Å². The lowest BCUT2D eigenvalue weighted by molar-refractivity contribution is 0.0782. The molecule has 0 saturated carbocycles. The first kappa shape index (κ1) is 18.2. The number of rotatable bonds is 5. The average molecular weight is 368 g/mol. The van der Waals surface area contributed by atoms with Crippen LogP contribution in [0, 0.1) is 6.92 Å². The van der Waals surface area contributed by atoms with Crippen molar-refractivity contribution in [2.45, 2.75) is 32.9 Å². The van der Waals surface area contributed by atoms with Gasteiger partial charge in [0.2, 0.25) is 0 Å². The van der Waals surface area contributed by atoms with Gasteiger partial charge in [0.1, 0.15) is 0 Å². The van der Waals surface area contributed by atoms with Crippen LogP contribution in [0.1, 0.15) is 40.3 Å². The molecule has 0 unspecified atom stereocenters. The molecule has 0 saturated heterocycles. The highest BCUT2D eigenvalue weighted by Gasteiger charge is 2.17. The van der Waals surface area contributed by atoms with Crippen molar-refractivity contribution >= 4 is 17.4 Å². The van der Waals surface area contributed by atoms with Crippen molar-refractivity contribution in [2.75, 3.05) is 0 Å². The van der Waals surface area contributed by atoms with E-state index in [1.807, 2.05) is 31.2 Å². The molecule has 2 N–H and O–H groups in total. The summed E-state index contributed by atoms with van der Waals surface area (Å²) in [6.07, 6.45) is 3.37. The number of pyridine rings is 1. The second-order valence-corrected chi connectivity index (χ2v) is 7.40. The zero-order chi connectivity index (χ0) is 18.7. The largest absolute Gasteiger partial charge is 0.386 e. The molecule has 0 atom stereocenters. The number of hydrogen-bond donors (Lipinski definition) is 2. The molecule has 6 nitrogen and oxygen atoms in total. The predicted molar refractivity (Wildman–Crippen MR) is 101 cm³/mol. The van der Waals surface area contributed by atoms with E-state index in [9.17, 15) is 9.90 Å². The molecule has 134 valence electrons. The summed E-state index contributed by atoms with van der Waals surface area (Å²) < 4.78 is 3.87. The van der Waals surface area contributed by atoms with Crippen LogP contribution in [0.5, 0.6) is 0 Å². The Morgan fingerprint density at radius 3 is 2.73 bits per heavy atom. The van der Waals surface area contributed by atoms with E-state index in [1.165, 1.54) is 11.5 Å². The second-order valence-electron chi connectivity index (χ2n) is 6.57. The summed E-state index contributed by atoms with van der Waals surface area (Å²) in [5, 5.41) is 17.0. The van der Waals surface area contributed by atoms with Crippen LogP contribution in [0.4, 0.5) is 0 Å². The highest BCUT2D eigenvalue weighted by atomic mass is 32.1. The lowest BCUT2D eigenvalue weighted by Gasteiger charge is -2.18. The van der Waals surface area contributed by atoms with Gasteiger partial charge in [-0.1, -0.05) is 16.6 Å². The van der Waals surface area contributed by atoms with E-state index < -0.39 is 5.60 Å². The van der Waals surface area contributed by atoms with Crippen LogP contribution in [0.15, 0.2) is 42.7 Å². The van der Waals surface area contributed by atoms with Gasteiger partial charge in [0.15, 0.2) is 0 Å². The fourth-order valence-electron chi connectivity index (χ4n) is 2.45. The molecule has 0 bridgehead atoms. The number of hydrogen-bond acceptors (Lipinski definition) is 6. The summed E-state index contributed by atoms with van der Waals surface area (Å²) in [7, 11) is 0. The average Bonchev–Trinajstić information content (AvgIpc) is 3.04. The second kappa shape index (κ2) is 7.31. The molecule has 7 heteroatoms. The molecule has 26 heavy (non-hydrogen) atoms. The van der Waals surface area contributed by atoms with Gasteiger partial charge in [-0.05, 0) is 56.1 Å². The summed E-state index contributed by atoms with van der Waals surface area (Å²) >= 11 is 1.28. The maximum atomic E-state index is 12.5. The minimum absolute atomic E-state index is 0.161. The Labute approximate surface area is 156 Å². The standard InChI is InChI=1S/C19H20N4O2S/c1-12-17(26-23-22-12)11-21-18(24)14-6-4-5-13(7-14)15-8-16(10-20-9-15)19(2,3)25/h4-10,25H,11H2,1-3H3,(H,21,24). The van der Waals surface area contributed by atoms with Gasteiger partial charge < -0.3 is 10.4 Å². The topological polar surface area (TPSA) is 88.0 Å². The molecule has 3 rings (SSSR count). The summed E-state index contributed by atoms with van der Waals surface area (Å²) in [6, 6.07) is 9.22. The summed E-state index contributed by atoms with van der Waals surface area (Å²) in [5.74, 6) is -0.161. The van der Waals surface area contributed by atoms with Gasteiger partial charge >= 0.3 is 0 Å². The van der Waals surface area contributed by atoms with Crippen LogP contribution in [-0.2, 0) is 12.1 Å². The summed E-state index contributed by atoms with van der Waals surface area (Å²) in [5.41, 5.74) is 2.86. The van der Waals surface area contributed by atoms with Crippen LogP contribution in [0.25, 0.3) is 11.1 Å².